The molecule has 1 aliphatic carbocycles. The van der Waals surface area contributed by atoms with Crippen molar-refractivity contribution in [2.45, 2.75) is 61.3 Å². The fraction of sp³-hybridized carbons (Fsp3) is 0.882. The smallest absolute Gasteiger partial charge is 0.0615 e. The zero-order chi connectivity index (χ0) is 15.1. The van der Waals surface area contributed by atoms with Gasteiger partial charge in [-0.25, -0.2) is 0 Å². The van der Waals surface area contributed by atoms with Crippen LogP contribution in [0.4, 0.5) is 0 Å². The molecule has 2 unspecified atom stereocenters. The van der Waals surface area contributed by atoms with Gasteiger partial charge in [0.05, 0.1) is 6.61 Å². The van der Waals surface area contributed by atoms with Crippen molar-refractivity contribution < 1.29 is 10.2 Å². The van der Waals surface area contributed by atoms with Crippen LogP contribution in [0.5, 0.6) is 0 Å². The Morgan fingerprint density at radius 1 is 1.11 bits per heavy atom. The highest BCUT2D eigenvalue weighted by Crippen LogP contribution is 2.77. The van der Waals surface area contributed by atoms with Crippen LogP contribution in [0.1, 0.15) is 61.3 Å². The summed E-state index contributed by atoms with van der Waals surface area (Å²) in [4.78, 5) is 0. The van der Waals surface area contributed by atoms with Gasteiger partial charge in [-0.3, -0.25) is 0 Å². The summed E-state index contributed by atoms with van der Waals surface area (Å²) in [5.41, 5.74) is 1.96. The predicted molar refractivity (Wildman–Crippen MR) is 80.9 cm³/mol. The van der Waals surface area contributed by atoms with Gasteiger partial charge in [-0.05, 0) is 34.5 Å². The lowest BCUT2D eigenvalue weighted by molar-refractivity contribution is 0.0278. The molecular formula is C17H32O2. The van der Waals surface area contributed by atoms with E-state index in [0.717, 1.165) is 6.42 Å². The van der Waals surface area contributed by atoms with E-state index in [9.17, 15) is 10.2 Å². The summed E-state index contributed by atoms with van der Waals surface area (Å²) >= 11 is 0. The predicted octanol–water partition coefficient (Wildman–Crippen LogP) is 3.78. The molecule has 2 atom stereocenters. The molecule has 0 aromatic carbocycles. The number of aliphatic hydroxyl groups excluding tert-OH is 2. The zero-order valence-electron chi connectivity index (χ0n) is 13.8. The van der Waals surface area contributed by atoms with Crippen LogP contribution in [-0.2, 0) is 0 Å². The van der Waals surface area contributed by atoms with E-state index >= 15 is 0 Å². The molecule has 0 spiro atoms. The van der Waals surface area contributed by atoms with Crippen LogP contribution >= 0.6 is 0 Å². The molecular weight excluding hydrogens is 236 g/mol. The molecule has 0 heterocycles. The van der Waals surface area contributed by atoms with Gasteiger partial charge in [0.2, 0.25) is 0 Å². The van der Waals surface area contributed by atoms with Gasteiger partial charge in [0.15, 0.2) is 0 Å². The molecule has 2 heteroatoms. The van der Waals surface area contributed by atoms with Crippen molar-refractivity contribution in [3.63, 3.8) is 0 Å². The molecule has 2 nitrogen and oxygen atoms in total. The zero-order valence-corrected chi connectivity index (χ0v) is 13.8. The summed E-state index contributed by atoms with van der Waals surface area (Å²) in [6.07, 6.45) is 3.71. The second-order valence-corrected chi connectivity index (χ2v) is 8.10. The molecule has 0 bridgehead atoms. The van der Waals surface area contributed by atoms with Crippen molar-refractivity contribution in [1.29, 1.82) is 0 Å². The lowest BCUT2D eigenvalue weighted by Crippen LogP contribution is -2.40. The Balaban J connectivity index is 3.11. The minimum Gasteiger partial charge on any atom is -0.396 e. The van der Waals surface area contributed by atoms with Gasteiger partial charge in [0.1, 0.15) is 0 Å². The third-order valence-corrected chi connectivity index (χ3v) is 6.48. The largest absolute Gasteiger partial charge is 0.396 e. The normalized spacial score (nSPS) is 32.6. The molecule has 0 aromatic heterocycles. The average molecular weight is 268 g/mol. The standard InChI is InChI=1S/C17H32O2/c1-14(2,3)15(4,5)17(7)12-16(17,6)13(8-10-18)9-11-19/h8,18-19H,9-12H2,1-7H3/b13-8+. The summed E-state index contributed by atoms with van der Waals surface area (Å²) in [5.74, 6) is 0. The van der Waals surface area contributed by atoms with Gasteiger partial charge >= 0.3 is 0 Å². The molecule has 0 amide bonds. The Labute approximate surface area is 118 Å². The maximum Gasteiger partial charge on any atom is 0.0615 e. The van der Waals surface area contributed by atoms with E-state index in [1.807, 2.05) is 6.08 Å². The third kappa shape index (κ3) is 2.38. The highest BCUT2D eigenvalue weighted by atomic mass is 16.3. The fourth-order valence-electron chi connectivity index (χ4n) is 3.70. The van der Waals surface area contributed by atoms with E-state index in [2.05, 4.69) is 48.5 Å². The molecule has 2 N–H and O–H groups in total. The molecule has 0 saturated heterocycles. The average Bonchev–Trinajstić information content (AvgIpc) is 2.83. The van der Waals surface area contributed by atoms with Gasteiger partial charge in [-0.2, -0.15) is 0 Å². The van der Waals surface area contributed by atoms with Crippen LogP contribution in [0.2, 0.25) is 0 Å². The quantitative estimate of drug-likeness (QED) is 0.745. The van der Waals surface area contributed by atoms with Gasteiger partial charge in [0.25, 0.3) is 0 Å². The number of hydrogen-bond donors (Lipinski definition) is 2. The Bertz CT molecular complexity index is 362. The van der Waals surface area contributed by atoms with E-state index in [0.29, 0.717) is 6.42 Å². The first-order valence-electron chi connectivity index (χ1n) is 7.39. The maximum atomic E-state index is 9.26. The van der Waals surface area contributed by atoms with E-state index in [1.54, 1.807) is 0 Å². The first-order valence-corrected chi connectivity index (χ1v) is 7.39. The van der Waals surface area contributed by atoms with Crippen LogP contribution in [0.15, 0.2) is 11.6 Å². The van der Waals surface area contributed by atoms with Crippen molar-refractivity contribution in [2.24, 2.45) is 21.7 Å². The van der Waals surface area contributed by atoms with Crippen LogP contribution in [0.25, 0.3) is 0 Å². The molecule has 0 radical (unpaired) electrons. The van der Waals surface area contributed by atoms with Crippen LogP contribution in [0.3, 0.4) is 0 Å². The number of rotatable bonds is 5. The van der Waals surface area contributed by atoms with Crippen molar-refractivity contribution in [1.82, 2.24) is 0 Å². The molecule has 0 aliphatic heterocycles. The highest BCUT2D eigenvalue weighted by Gasteiger charge is 2.70. The molecule has 1 fully saturated rings. The molecule has 19 heavy (non-hydrogen) atoms. The SMILES string of the molecule is CC(C)(C)C(C)(C)C1(C)CC1(C)/C(=C/CO)CCO. The number of hydrogen-bond acceptors (Lipinski definition) is 2. The minimum atomic E-state index is 0.0664. The van der Waals surface area contributed by atoms with Gasteiger partial charge in [-0.15, -0.1) is 0 Å². The maximum absolute atomic E-state index is 9.26. The Morgan fingerprint density at radius 3 is 2.00 bits per heavy atom. The molecule has 112 valence electrons. The van der Waals surface area contributed by atoms with Crippen LogP contribution in [-0.4, -0.2) is 23.4 Å². The molecule has 1 saturated carbocycles. The summed E-state index contributed by atoms with van der Waals surface area (Å²) < 4.78 is 0. The summed E-state index contributed by atoms with van der Waals surface area (Å²) in [5, 5.41) is 18.5. The van der Waals surface area contributed by atoms with Crippen molar-refractivity contribution in [3.8, 4) is 0 Å². The van der Waals surface area contributed by atoms with E-state index in [4.69, 9.17) is 0 Å². The number of aliphatic hydroxyl groups is 2. The van der Waals surface area contributed by atoms with Gasteiger partial charge < -0.3 is 10.2 Å². The molecule has 0 aromatic rings. The van der Waals surface area contributed by atoms with Crippen molar-refractivity contribution in [3.05, 3.63) is 11.6 Å². The first-order chi connectivity index (χ1) is 8.48. The second kappa shape index (κ2) is 4.89. The first kappa shape index (κ1) is 16.7. The highest BCUT2D eigenvalue weighted by molar-refractivity contribution is 5.32. The minimum absolute atomic E-state index is 0.0664. The van der Waals surface area contributed by atoms with Gasteiger partial charge in [-0.1, -0.05) is 60.1 Å². The summed E-state index contributed by atoms with van der Waals surface area (Å²) in [7, 11) is 0. The fourth-order valence-corrected chi connectivity index (χ4v) is 3.70. The second-order valence-electron chi connectivity index (χ2n) is 8.10. The lowest BCUT2D eigenvalue weighted by Gasteiger charge is -2.47. The monoisotopic (exact) mass is 268 g/mol. The lowest BCUT2D eigenvalue weighted by atomic mass is 9.58. The summed E-state index contributed by atoms with van der Waals surface area (Å²) in [6.45, 7) is 16.5. The van der Waals surface area contributed by atoms with Crippen LogP contribution in [0, 0.1) is 21.7 Å². The molecule has 1 rings (SSSR count). The van der Waals surface area contributed by atoms with Crippen LogP contribution < -0.4 is 0 Å². The Morgan fingerprint density at radius 2 is 1.63 bits per heavy atom. The summed E-state index contributed by atoms with van der Waals surface area (Å²) in [6, 6.07) is 0. The van der Waals surface area contributed by atoms with E-state index in [-0.39, 0.29) is 34.9 Å². The van der Waals surface area contributed by atoms with E-state index < -0.39 is 0 Å². The van der Waals surface area contributed by atoms with Crippen molar-refractivity contribution in [2.75, 3.05) is 13.2 Å². The Hall–Kier alpha value is -0.340. The van der Waals surface area contributed by atoms with E-state index in [1.165, 1.54) is 5.57 Å². The third-order valence-electron chi connectivity index (χ3n) is 6.48. The molecule has 1 aliphatic rings. The van der Waals surface area contributed by atoms with Gasteiger partial charge in [0, 0.05) is 6.61 Å². The van der Waals surface area contributed by atoms with Crippen molar-refractivity contribution >= 4 is 0 Å². The Kier molecular flexibility index (Phi) is 4.30. The topological polar surface area (TPSA) is 40.5 Å².